The van der Waals surface area contributed by atoms with Crippen LogP contribution in [0.1, 0.15) is 64.0 Å². The van der Waals surface area contributed by atoms with Gasteiger partial charge in [-0.15, -0.1) is 0 Å². The topological polar surface area (TPSA) is 35.2 Å². The first-order chi connectivity index (χ1) is 9.15. The van der Waals surface area contributed by atoms with Gasteiger partial charge in [0.05, 0.1) is 6.61 Å². The van der Waals surface area contributed by atoms with E-state index >= 15 is 0 Å². The molecular weight excluding hydrogens is 302 g/mol. The van der Waals surface area contributed by atoms with Crippen LogP contribution in [-0.2, 0) is 0 Å². The van der Waals surface area contributed by atoms with Gasteiger partial charge in [0.25, 0.3) is 0 Å². The number of hydrogen-bond donors (Lipinski definition) is 1. The average Bonchev–Trinajstić information content (AvgIpc) is 2.37. The van der Waals surface area contributed by atoms with E-state index in [-0.39, 0.29) is 6.04 Å². The maximum Gasteiger partial charge on any atom is 0.120 e. The minimum absolute atomic E-state index is 0.0435. The monoisotopic (exact) mass is 327 g/mol. The lowest BCUT2D eigenvalue weighted by molar-refractivity contribution is 0.304. The molecule has 2 N–H and O–H groups in total. The van der Waals surface area contributed by atoms with Crippen LogP contribution in [0.15, 0.2) is 22.7 Å². The molecule has 0 bridgehead atoms. The van der Waals surface area contributed by atoms with Crippen molar-refractivity contribution in [2.75, 3.05) is 6.61 Å². The van der Waals surface area contributed by atoms with E-state index < -0.39 is 0 Å². The van der Waals surface area contributed by atoms with Gasteiger partial charge in [0.15, 0.2) is 0 Å². The Morgan fingerprint density at radius 2 is 1.84 bits per heavy atom. The quantitative estimate of drug-likeness (QED) is 0.632. The minimum atomic E-state index is 0.0435. The third kappa shape index (κ3) is 6.44. The Morgan fingerprint density at radius 1 is 1.16 bits per heavy atom. The summed E-state index contributed by atoms with van der Waals surface area (Å²) in [5.41, 5.74) is 6.99. The standard InChI is InChI=1S/C16H26BrNO/c1-3-4-5-6-7-8-11-19-14-9-10-15(13(2)18)16(17)12-14/h9-10,12-13H,3-8,11,18H2,1-2H3/t13-/m1/s1. The Hall–Kier alpha value is -0.540. The fourth-order valence-electron chi connectivity index (χ4n) is 2.04. The zero-order chi connectivity index (χ0) is 14.1. The third-order valence-electron chi connectivity index (χ3n) is 3.23. The van der Waals surface area contributed by atoms with Crippen LogP contribution in [0.4, 0.5) is 0 Å². The molecule has 0 aliphatic heterocycles. The van der Waals surface area contributed by atoms with Crippen molar-refractivity contribution < 1.29 is 4.74 Å². The number of nitrogens with two attached hydrogens (primary N) is 1. The van der Waals surface area contributed by atoms with Gasteiger partial charge < -0.3 is 10.5 Å². The average molecular weight is 328 g/mol. The van der Waals surface area contributed by atoms with E-state index in [0.29, 0.717) is 0 Å². The van der Waals surface area contributed by atoms with E-state index in [1.165, 1.54) is 32.1 Å². The molecule has 0 saturated carbocycles. The van der Waals surface area contributed by atoms with Crippen molar-refractivity contribution in [1.29, 1.82) is 0 Å². The van der Waals surface area contributed by atoms with Crippen LogP contribution < -0.4 is 10.5 Å². The van der Waals surface area contributed by atoms with Crippen LogP contribution in [0, 0.1) is 0 Å². The second-order valence-electron chi connectivity index (χ2n) is 5.09. The smallest absolute Gasteiger partial charge is 0.120 e. The largest absolute Gasteiger partial charge is 0.494 e. The first-order valence-corrected chi connectivity index (χ1v) is 8.12. The van der Waals surface area contributed by atoms with Gasteiger partial charge in [-0.1, -0.05) is 61.0 Å². The third-order valence-corrected chi connectivity index (χ3v) is 3.92. The molecule has 3 heteroatoms. The fourth-order valence-corrected chi connectivity index (χ4v) is 2.76. The molecule has 0 aliphatic rings. The summed E-state index contributed by atoms with van der Waals surface area (Å²) in [4.78, 5) is 0. The summed E-state index contributed by atoms with van der Waals surface area (Å²) in [5, 5.41) is 0. The van der Waals surface area contributed by atoms with Gasteiger partial charge in [-0.05, 0) is 31.0 Å². The van der Waals surface area contributed by atoms with Crippen LogP contribution in [0.25, 0.3) is 0 Å². The second-order valence-corrected chi connectivity index (χ2v) is 5.94. The summed E-state index contributed by atoms with van der Waals surface area (Å²) in [6.45, 7) is 5.03. The Labute approximate surface area is 125 Å². The highest BCUT2D eigenvalue weighted by atomic mass is 79.9. The van der Waals surface area contributed by atoms with Crippen molar-refractivity contribution in [3.8, 4) is 5.75 Å². The first kappa shape index (κ1) is 16.5. The number of rotatable bonds is 9. The SMILES string of the molecule is CCCCCCCCOc1ccc([C@@H](C)N)c(Br)c1. The van der Waals surface area contributed by atoms with E-state index in [9.17, 15) is 0 Å². The van der Waals surface area contributed by atoms with Gasteiger partial charge in [0.2, 0.25) is 0 Å². The highest BCUT2D eigenvalue weighted by Gasteiger charge is 2.06. The van der Waals surface area contributed by atoms with Crippen LogP contribution >= 0.6 is 15.9 Å². The molecule has 0 amide bonds. The van der Waals surface area contributed by atoms with E-state index in [1.807, 2.05) is 25.1 Å². The zero-order valence-corrected chi connectivity index (χ0v) is 13.7. The number of benzene rings is 1. The molecule has 0 aliphatic carbocycles. The summed E-state index contributed by atoms with van der Waals surface area (Å²) in [5.74, 6) is 0.921. The van der Waals surface area contributed by atoms with Gasteiger partial charge in [-0.3, -0.25) is 0 Å². The number of ether oxygens (including phenoxy) is 1. The van der Waals surface area contributed by atoms with E-state index in [0.717, 1.165) is 28.8 Å². The van der Waals surface area contributed by atoms with Crippen LogP contribution in [0.5, 0.6) is 5.75 Å². The molecule has 0 spiro atoms. The van der Waals surface area contributed by atoms with E-state index in [4.69, 9.17) is 10.5 Å². The van der Waals surface area contributed by atoms with Crippen molar-refractivity contribution in [3.05, 3.63) is 28.2 Å². The molecule has 19 heavy (non-hydrogen) atoms. The van der Waals surface area contributed by atoms with Crippen LogP contribution in [0.2, 0.25) is 0 Å². The molecule has 0 radical (unpaired) electrons. The molecule has 0 heterocycles. The summed E-state index contributed by atoms with van der Waals surface area (Å²) in [6, 6.07) is 6.09. The van der Waals surface area contributed by atoms with Crippen LogP contribution in [0.3, 0.4) is 0 Å². The molecule has 1 atom stereocenters. The zero-order valence-electron chi connectivity index (χ0n) is 12.1. The Kier molecular flexibility index (Phi) is 8.15. The summed E-state index contributed by atoms with van der Waals surface area (Å²) in [7, 11) is 0. The molecule has 1 aromatic rings. The number of halogens is 1. The Balaban J connectivity index is 2.25. The summed E-state index contributed by atoms with van der Waals surface area (Å²) >= 11 is 3.54. The molecule has 108 valence electrons. The molecule has 1 aromatic carbocycles. The normalized spacial score (nSPS) is 12.4. The van der Waals surface area contributed by atoms with Gasteiger partial charge in [-0.25, -0.2) is 0 Å². The maximum atomic E-state index is 5.87. The van der Waals surface area contributed by atoms with E-state index in [2.05, 4.69) is 22.9 Å². The molecule has 0 saturated heterocycles. The maximum absolute atomic E-state index is 5.87. The fraction of sp³-hybridized carbons (Fsp3) is 0.625. The van der Waals surface area contributed by atoms with Crippen molar-refractivity contribution in [2.24, 2.45) is 5.73 Å². The lowest BCUT2D eigenvalue weighted by atomic mass is 10.1. The summed E-state index contributed by atoms with van der Waals surface area (Å²) < 4.78 is 6.79. The minimum Gasteiger partial charge on any atom is -0.494 e. The van der Waals surface area contributed by atoms with Gasteiger partial charge >= 0.3 is 0 Å². The predicted molar refractivity (Wildman–Crippen MR) is 85.6 cm³/mol. The van der Waals surface area contributed by atoms with Crippen LogP contribution in [-0.4, -0.2) is 6.61 Å². The predicted octanol–water partition coefficient (Wildman–Crippen LogP) is 5.21. The molecule has 0 unspecified atom stereocenters. The lowest BCUT2D eigenvalue weighted by Crippen LogP contribution is -2.06. The second kappa shape index (κ2) is 9.38. The summed E-state index contributed by atoms with van der Waals surface area (Å²) in [6.07, 6.45) is 7.73. The molecule has 2 nitrogen and oxygen atoms in total. The van der Waals surface area contributed by atoms with Crippen molar-refractivity contribution in [2.45, 2.75) is 58.4 Å². The highest BCUT2D eigenvalue weighted by molar-refractivity contribution is 9.10. The molecule has 1 rings (SSSR count). The Morgan fingerprint density at radius 3 is 2.47 bits per heavy atom. The molecule has 0 fully saturated rings. The van der Waals surface area contributed by atoms with E-state index in [1.54, 1.807) is 0 Å². The van der Waals surface area contributed by atoms with Gasteiger partial charge in [0.1, 0.15) is 5.75 Å². The number of hydrogen-bond acceptors (Lipinski definition) is 2. The van der Waals surface area contributed by atoms with Gasteiger partial charge in [0, 0.05) is 10.5 Å². The molecular formula is C16H26BrNO. The first-order valence-electron chi connectivity index (χ1n) is 7.33. The van der Waals surface area contributed by atoms with Crippen molar-refractivity contribution >= 4 is 15.9 Å². The van der Waals surface area contributed by atoms with Crippen molar-refractivity contribution in [3.63, 3.8) is 0 Å². The van der Waals surface area contributed by atoms with Gasteiger partial charge in [-0.2, -0.15) is 0 Å². The number of unbranched alkanes of at least 4 members (excludes halogenated alkanes) is 5. The lowest BCUT2D eigenvalue weighted by Gasteiger charge is -2.11. The van der Waals surface area contributed by atoms with Crippen molar-refractivity contribution in [1.82, 2.24) is 0 Å². The highest BCUT2D eigenvalue weighted by Crippen LogP contribution is 2.26. The molecule has 0 aromatic heterocycles. The Bertz CT molecular complexity index is 366.